The van der Waals surface area contributed by atoms with Crippen LogP contribution in [-0.2, 0) is 6.42 Å². The topological polar surface area (TPSA) is 80.4 Å². The van der Waals surface area contributed by atoms with Gasteiger partial charge in [-0.05, 0) is 61.7 Å². The minimum absolute atomic E-state index is 0.108. The molecule has 3 aromatic rings. The Bertz CT molecular complexity index is 1070. The van der Waals surface area contributed by atoms with Crippen LogP contribution in [0.4, 0.5) is 5.69 Å². The van der Waals surface area contributed by atoms with Crippen LogP contribution in [0.5, 0.6) is 17.2 Å². The van der Waals surface area contributed by atoms with Crippen molar-refractivity contribution in [3.8, 4) is 17.2 Å². The molecule has 2 aromatic carbocycles. The zero-order chi connectivity index (χ0) is 20.4. The molecule has 1 heterocycles. The molecule has 4 rings (SSSR count). The SMILES string of the molecule is COc1ccccc1Oc1ccc(NC(=O)c2[nH]c3c(c2C)C(=O)CCC3)cc1. The largest absolute Gasteiger partial charge is 0.493 e. The van der Waals surface area contributed by atoms with Gasteiger partial charge < -0.3 is 19.8 Å². The van der Waals surface area contributed by atoms with Crippen molar-refractivity contribution in [2.45, 2.75) is 26.2 Å². The zero-order valence-electron chi connectivity index (χ0n) is 16.4. The highest BCUT2D eigenvalue weighted by Crippen LogP contribution is 2.31. The molecule has 0 aliphatic heterocycles. The first-order chi connectivity index (χ1) is 14.1. The Labute approximate surface area is 168 Å². The molecule has 0 spiro atoms. The molecular formula is C23H22N2O4. The number of hydrogen-bond acceptors (Lipinski definition) is 4. The predicted molar refractivity (Wildman–Crippen MR) is 110 cm³/mol. The van der Waals surface area contributed by atoms with Gasteiger partial charge in [-0.3, -0.25) is 9.59 Å². The van der Waals surface area contributed by atoms with E-state index in [0.717, 1.165) is 24.1 Å². The Morgan fingerprint density at radius 1 is 1.03 bits per heavy atom. The molecule has 148 valence electrons. The van der Waals surface area contributed by atoms with Crippen molar-refractivity contribution in [1.82, 2.24) is 4.98 Å². The number of aryl methyl sites for hydroxylation is 1. The van der Waals surface area contributed by atoms with Crippen molar-refractivity contribution in [2.24, 2.45) is 0 Å². The first-order valence-corrected chi connectivity index (χ1v) is 9.53. The Morgan fingerprint density at radius 3 is 2.45 bits per heavy atom. The molecular weight excluding hydrogens is 368 g/mol. The minimum atomic E-state index is -0.261. The van der Waals surface area contributed by atoms with Crippen molar-refractivity contribution in [1.29, 1.82) is 0 Å². The van der Waals surface area contributed by atoms with Crippen LogP contribution in [0.1, 0.15) is 44.9 Å². The van der Waals surface area contributed by atoms with Crippen molar-refractivity contribution >= 4 is 17.4 Å². The predicted octanol–water partition coefficient (Wildman–Crippen LogP) is 4.90. The number of rotatable bonds is 5. The van der Waals surface area contributed by atoms with Crippen LogP contribution in [0.3, 0.4) is 0 Å². The van der Waals surface area contributed by atoms with E-state index in [-0.39, 0.29) is 11.7 Å². The Morgan fingerprint density at radius 2 is 1.76 bits per heavy atom. The van der Waals surface area contributed by atoms with Gasteiger partial charge in [-0.25, -0.2) is 0 Å². The molecule has 0 atom stereocenters. The zero-order valence-corrected chi connectivity index (χ0v) is 16.4. The van der Waals surface area contributed by atoms with Crippen molar-refractivity contribution in [3.63, 3.8) is 0 Å². The van der Waals surface area contributed by atoms with Crippen molar-refractivity contribution in [3.05, 3.63) is 71.0 Å². The molecule has 0 saturated carbocycles. The second kappa shape index (κ2) is 7.83. The molecule has 1 aromatic heterocycles. The number of amides is 1. The number of fused-ring (bicyclic) bond motifs is 1. The number of ketones is 1. The molecule has 0 saturated heterocycles. The fraction of sp³-hybridized carbons (Fsp3) is 0.217. The van der Waals surface area contributed by atoms with Gasteiger partial charge in [0, 0.05) is 23.4 Å². The van der Waals surface area contributed by atoms with Gasteiger partial charge in [0.25, 0.3) is 5.91 Å². The molecule has 29 heavy (non-hydrogen) atoms. The van der Waals surface area contributed by atoms with Crippen LogP contribution in [0.15, 0.2) is 48.5 Å². The van der Waals surface area contributed by atoms with Gasteiger partial charge in [0.05, 0.1) is 7.11 Å². The number of aromatic nitrogens is 1. The van der Waals surface area contributed by atoms with E-state index in [1.165, 1.54) is 0 Å². The molecule has 0 fully saturated rings. The quantitative estimate of drug-likeness (QED) is 0.650. The highest BCUT2D eigenvalue weighted by molar-refractivity contribution is 6.08. The molecule has 0 unspecified atom stereocenters. The molecule has 1 aliphatic rings. The van der Waals surface area contributed by atoms with Gasteiger partial charge in [0.1, 0.15) is 11.4 Å². The number of anilines is 1. The molecule has 2 N–H and O–H groups in total. The number of Topliss-reactive ketones (excluding diaryl/α,β-unsaturated/α-hetero) is 1. The summed E-state index contributed by atoms with van der Waals surface area (Å²) in [5, 5.41) is 2.87. The number of carbonyl (C=O) groups excluding carboxylic acids is 2. The summed E-state index contributed by atoms with van der Waals surface area (Å²) < 4.78 is 11.1. The lowest BCUT2D eigenvalue weighted by atomic mass is 9.94. The number of para-hydroxylation sites is 2. The Hall–Kier alpha value is -3.54. The van der Waals surface area contributed by atoms with Gasteiger partial charge in [-0.1, -0.05) is 12.1 Å². The van der Waals surface area contributed by atoms with Crippen LogP contribution in [0.25, 0.3) is 0 Å². The fourth-order valence-electron chi connectivity index (χ4n) is 3.63. The smallest absolute Gasteiger partial charge is 0.272 e. The lowest BCUT2D eigenvalue weighted by molar-refractivity contribution is 0.0971. The van der Waals surface area contributed by atoms with E-state index < -0.39 is 0 Å². The number of nitrogens with one attached hydrogen (secondary N) is 2. The second-order valence-electron chi connectivity index (χ2n) is 6.99. The molecule has 1 aliphatic carbocycles. The average Bonchev–Trinajstić information content (AvgIpc) is 3.08. The first kappa shape index (κ1) is 18.8. The highest BCUT2D eigenvalue weighted by Gasteiger charge is 2.26. The third-order valence-corrected chi connectivity index (χ3v) is 5.07. The van der Waals surface area contributed by atoms with Gasteiger partial charge >= 0.3 is 0 Å². The standard InChI is InChI=1S/C23H22N2O4/c1-14-21-17(6-5-7-18(21)26)25-22(14)23(27)24-15-10-12-16(13-11-15)29-20-9-4-3-8-19(20)28-2/h3-4,8-13,25H,5-7H2,1-2H3,(H,24,27). The number of hydrogen-bond donors (Lipinski definition) is 2. The van der Waals surface area contributed by atoms with Crippen LogP contribution in [0.2, 0.25) is 0 Å². The van der Waals surface area contributed by atoms with Gasteiger partial charge in [0.15, 0.2) is 17.3 Å². The summed E-state index contributed by atoms with van der Waals surface area (Å²) in [6, 6.07) is 14.5. The summed E-state index contributed by atoms with van der Waals surface area (Å²) in [5.74, 6) is 1.74. The molecule has 1 amide bonds. The summed E-state index contributed by atoms with van der Waals surface area (Å²) in [5.41, 5.74) is 3.35. The molecule has 6 heteroatoms. The van der Waals surface area contributed by atoms with Crippen molar-refractivity contribution < 1.29 is 19.1 Å². The minimum Gasteiger partial charge on any atom is -0.493 e. The molecule has 0 bridgehead atoms. The lowest BCUT2D eigenvalue weighted by Gasteiger charge is -2.11. The maximum absolute atomic E-state index is 12.7. The third kappa shape index (κ3) is 3.74. The highest BCUT2D eigenvalue weighted by atomic mass is 16.5. The van der Waals surface area contributed by atoms with E-state index in [1.807, 2.05) is 31.2 Å². The summed E-state index contributed by atoms with van der Waals surface area (Å²) in [6.45, 7) is 1.82. The van der Waals surface area contributed by atoms with E-state index in [1.54, 1.807) is 31.4 Å². The summed E-state index contributed by atoms with van der Waals surface area (Å²) in [7, 11) is 1.59. The van der Waals surface area contributed by atoms with E-state index in [2.05, 4.69) is 10.3 Å². The number of H-pyrrole nitrogens is 1. The summed E-state index contributed by atoms with van der Waals surface area (Å²) in [4.78, 5) is 28.0. The maximum Gasteiger partial charge on any atom is 0.272 e. The number of aromatic amines is 1. The fourth-order valence-corrected chi connectivity index (χ4v) is 3.63. The van der Waals surface area contributed by atoms with Crippen LogP contribution in [0, 0.1) is 6.92 Å². The van der Waals surface area contributed by atoms with E-state index in [4.69, 9.17) is 9.47 Å². The maximum atomic E-state index is 12.7. The average molecular weight is 390 g/mol. The normalized spacial score (nSPS) is 13.0. The Balaban J connectivity index is 1.48. The van der Waals surface area contributed by atoms with E-state index in [9.17, 15) is 9.59 Å². The molecule has 6 nitrogen and oxygen atoms in total. The van der Waals surface area contributed by atoms with Gasteiger partial charge in [0.2, 0.25) is 0 Å². The van der Waals surface area contributed by atoms with E-state index in [0.29, 0.717) is 40.6 Å². The Kier molecular flexibility index (Phi) is 5.08. The van der Waals surface area contributed by atoms with Crippen LogP contribution >= 0.6 is 0 Å². The second-order valence-corrected chi connectivity index (χ2v) is 6.99. The first-order valence-electron chi connectivity index (χ1n) is 9.53. The third-order valence-electron chi connectivity index (χ3n) is 5.07. The summed E-state index contributed by atoms with van der Waals surface area (Å²) in [6.07, 6.45) is 2.16. The van der Waals surface area contributed by atoms with Gasteiger partial charge in [-0.2, -0.15) is 0 Å². The van der Waals surface area contributed by atoms with Gasteiger partial charge in [-0.15, -0.1) is 0 Å². The van der Waals surface area contributed by atoms with Crippen LogP contribution in [-0.4, -0.2) is 23.8 Å². The van der Waals surface area contributed by atoms with Crippen molar-refractivity contribution in [2.75, 3.05) is 12.4 Å². The number of methoxy groups -OCH3 is 1. The summed E-state index contributed by atoms with van der Waals surface area (Å²) >= 11 is 0. The lowest BCUT2D eigenvalue weighted by Crippen LogP contribution is -2.13. The van der Waals surface area contributed by atoms with E-state index >= 15 is 0 Å². The molecule has 0 radical (unpaired) electrons. The monoisotopic (exact) mass is 390 g/mol. The van der Waals surface area contributed by atoms with Crippen LogP contribution < -0.4 is 14.8 Å². The number of ether oxygens (including phenoxy) is 2. The number of carbonyl (C=O) groups is 2. The number of benzene rings is 2.